The van der Waals surface area contributed by atoms with Crippen molar-refractivity contribution in [1.29, 1.82) is 0 Å². The van der Waals surface area contributed by atoms with E-state index in [1.54, 1.807) is 7.11 Å². The predicted octanol–water partition coefficient (Wildman–Crippen LogP) is 1.33. The zero-order valence-corrected chi connectivity index (χ0v) is 10.0. The van der Waals surface area contributed by atoms with Gasteiger partial charge in [-0.3, -0.25) is 4.79 Å². The van der Waals surface area contributed by atoms with Gasteiger partial charge in [-0.05, 0) is 24.8 Å². The van der Waals surface area contributed by atoms with Gasteiger partial charge in [0, 0.05) is 13.5 Å². The van der Waals surface area contributed by atoms with Crippen LogP contribution in [0, 0.1) is 5.41 Å². The number of ether oxygens (including phenoxy) is 2. The van der Waals surface area contributed by atoms with Crippen LogP contribution < -0.4 is 5.73 Å². The molecule has 0 aliphatic rings. The van der Waals surface area contributed by atoms with Crippen molar-refractivity contribution in [3.05, 3.63) is 0 Å². The molecule has 0 aromatic heterocycles. The van der Waals surface area contributed by atoms with E-state index in [9.17, 15) is 4.79 Å². The SMILES string of the molecule is COCCOC(=O)CCC(C)(C)CCN. The van der Waals surface area contributed by atoms with E-state index in [0.29, 0.717) is 26.2 Å². The van der Waals surface area contributed by atoms with Crippen LogP contribution in [-0.4, -0.2) is 32.8 Å². The number of carbonyl (C=O) groups is 1. The molecule has 0 aromatic rings. The van der Waals surface area contributed by atoms with Gasteiger partial charge >= 0.3 is 5.97 Å². The highest BCUT2D eigenvalue weighted by Crippen LogP contribution is 2.25. The molecule has 4 heteroatoms. The molecule has 0 atom stereocenters. The van der Waals surface area contributed by atoms with Crippen molar-refractivity contribution < 1.29 is 14.3 Å². The fourth-order valence-corrected chi connectivity index (χ4v) is 1.27. The summed E-state index contributed by atoms with van der Waals surface area (Å²) in [4.78, 5) is 11.3. The number of esters is 1. The highest BCUT2D eigenvalue weighted by atomic mass is 16.6. The van der Waals surface area contributed by atoms with Crippen molar-refractivity contribution in [1.82, 2.24) is 0 Å². The van der Waals surface area contributed by atoms with E-state index in [4.69, 9.17) is 15.2 Å². The highest BCUT2D eigenvalue weighted by molar-refractivity contribution is 5.69. The average molecular weight is 217 g/mol. The van der Waals surface area contributed by atoms with Gasteiger partial charge in [-0.15, -0.1) is 0 Å². The van der Waals surface area contributed by atoms with Crippen LogP contribution in [0.5, 0.6) is 0 Å². The van der Waals surface area contributed by atoms with Crippen LogP contribution in [0.25, 0.3) is 0 Å². The number of methoxy groups -OCH3 is 1. The molecule has 0 unspecified atom stereocenters. The van der Waals surface area contributed by atoms with Gasteiger partial charge in [-0.1, -0.05) is 13.8 Å². The molecule has 0 radical (unpaired) electrons. The van der Waals surface area contributed by atoms with Gasteiger partial charge in [-0.2, -0.15) is 0 Å². The molecule has 90 valence electrons. The molecule has 0 aromatic carbocycles. The zero-order chi connectivity index (χ0) is 11.7. The molecule has 0 amide bonds. The van der Waals surface area contributed by atoms with Crippen molar-refractivity contribution >= 4 is 5.97 Å². The molecule has 0 heterocycles. The van der Waals surface area contributed by atoms with Crippen LogP contribution in [0.2, 0.25) is 0 Å². The fourth-order valence-electron chi connectivity index (χ4n) is 1.27. The maximum atomic E-state index is 11.3. The van der Waals surface area contributed by atoms with Gasteiger partial charge in [-0.25, -0.2) is 0 Å². The Morgan fingerprint density at radius 3 is 2.47 bits per heavy atom. The van der Waals surface area contributed by atoms with Gasteiger partial charge in [0.2, 0.25) is 0 Å². The van der Waals surface area contributed by atoms with E-state index in [-0.39, 0.29) is 11.4 Å². The second-order valence-corrected chi connectivity index (χ2v) is 4.42. The minimum atomic E-state index is -0.155. The third-order valence-corrected chi connectivity index (χ3v) is 2.38. The Balaban J connectivity index is 3.60. The molecule has 0 rings (SSSR count). The molecule has 0 saturated heterocycles. The molecular weight excluding hydrogens is 194 g/mol. The largest absolute Gasteiger partial charge is 0.463 e. The van der Waals surface area contributed by atoms with Crippen LogP contribution in [0.15, 0.2) is 0 Å². The Labute approximate surface area is 92.1 Å². The quantitative estimate of drug-likeness (QED) is 0.492. The first-order valence-corrected chi connectivity index (χ1v) is 5.36. The first-order valence-electron chi connectivity index (χ1n) is 5.36. The third-order valence-electron chi connectivity index (χ3n) is 2.38. The summed E-state index contributed by atoms with van der Waals surface area (Å²) in [5, 5.41) is 0. The van der Waals surface area contributed by atoms with Crippen LogP contribution in [0.1, 0.15) is 33.1 Å². The first kappa shape index (κ1) is 14.4. The van der Waals surface area contributed by atoms with Crippen molar-refractivity contribution in [3.8, 4) is 0 Å². The third kappa shape index (κ3) is 8.39. The number of hydrogen-bond donors (Lipinski definition) is 1. The van der Waals surface area contributed by atoms with Gasteiger partial charge in [0.15, 0.2) is 0 Å². The minimum Gasteiger partial charge on any atom is -0.463 e. The Bertz CT molecular complexity index is 181. The maximum Gasteiger partial charge on any atom is 0.305 e. The predicted molar refractivity (Wildman–Crippen MR) is 59.5 cm³/mol. The summed E-state index contributed by atoms with van der Waals surface area (Å²) in [5.74, 6) is -0.155. The summed E-state index contributed by atoms with van der Waals surface area (Å²) in [5.41, 5.74) is 5.61. The average Bonchev–Trinajstić information content (AvgIpc) is 2.15. The molecule has 15 heavy (non-hydrogen) atoms. The van der Waals surface area contributed by atoms with Gasteiger partial charge in [0.05, 0.1) is 6.61 Å². The van der Waals surface area contributed by atoms with Crippen LogP contribution in [0.4, 0.5) is 0 Å². The number of carbonyl (C=O) groups excluding carboxylic acids is 1. The topological polar surface area (TPSA) is 61.5 Å². The van der Waals surface area contributed by atoms with Crippen molar-refractivity contribution in [3.63, 3.8) is 0 Å². The smallest absolute Gasteiger partial charge is 0.305 e. The molecule has 0 spiro atoms. The van der Waals surface area contributed by atoms with Crippen molar-refractivity contribution in [2.45, 2.75) is 33.1 Å². The molecule has 0 bridgehead atoms. The second kappa shape index (κ2) is 7.65. The van der Waals surface area contributed by atoms with Gasteiger partial charge in [0.1, 0.15) is 6.61 Å². The lowest BCUT2D eigenvalue weighted by molar-refractivity contribution is -0.145. The fraction of sp³-hybridized carbons (Fsp3) is 0.909. The standard InChI is InChI=1S/C11H23NO3/c1-11(2,6-7-12)5-4-10(13)15-9-8-14-3/h4-9,12H2,1-3H3. The number of hydrogen-bond acceptors (Lipinski definition) is 4. The van der Waals surface area contributed by atoms with Crippen molar-refractivity contribution in [2.75, 3.05) is 26.9 Å². The van der Waals surface area contributed by atoms with Gasteiger partial charge in [0.25, 0.3) is 0 Å². The van der Waals surface area contributed by atoms with E-state index in [0.717, 1.165) is 12.8 Å². The van der Waals surface area contributed by atoms with Crippen LogP contribution in [-0.2, 0) is 14.3 Å². The molecule has 2 N–H and O–H groups in total. The highest BCUT2D eigenvalue weighted by Gasteiger charge is 2.18. The minimum absolute atomic E-state index is 0.120. The number of rotatable bonds is 8. The summed E-state index contributed by atoms with van der Waals surface area (Å²) in [6.45, 7) is 5.68. The van der Waals surface area contributed by atoms with E-state index in [1.165, 1.54) is 0 Å². The Hall–Kier alpha value is -0.610. The van der Waals surface area contributed by atoms with Crippen LogP contribution >= 0.6 is 0 Å². The lowest BCUT2D eigenvalue weighted by Crippen LogP contribution is -2.19. The van der Waals surface area contributed by atoms with Crippen LogP contribution in [0.3, 0.4) is 0 Å². The second-order valence-electron chi connectivity index (χ2n) is 4.42. The van der Waals surface area contributed by atoms with Gasteiger partial charge < -0.3 is 15.2 Å². The summed E-state index contributed by atoms with van der Waals surface area (Å²) in [6.07, 6.45) is 2.20. The molecule has 0 saturated carbocycles. The first-order chi connectivity index (χ1) is 7.02. The summed E-state index contributed by atoms with van der Waals surface area (Å²) in [6, 6.07) is 0. The molecule has 0 aliphatic carbocycles. The van der Waals surface area contributed by atoms with E-state index >= 15 is 0 Å². The van der Waals surface area contributed by atoms with Crippen molar-refractivity contribution in [2.24, 2.45) is 11.1 Å². The van der Waals surface area contributed by atoms with E-state index in [1.807, 2.05) is 0 Å². The monoisotopic (exact) mass is 217 g/mol. The number of nitrogens with two attached hydrogens (primary N) is 1. The molecule has 0 fully saturated rings. The Morgan fingerprint density at radius 1 is 1.27 bits per heavy atom. The van der Waals surface area contributed by atoms with E-state index in [2.05, 4.69) is 13.8 Å². The lowest BCUT2D eigenvalue weighted by Gasteiger charge is -2.22. The molecule has 4 nitrogen and oxygen atoms in total. The lowest BCUT2D eigenvalue weighted by atomic mass is 9.84. The summed E-state index contributed by atoms with van der Waals surface area (Å²) >= 11 is 0. The Kier molecular flexibility index (Phi) is 7.34. The summed E-state index contributed by atoms with van der Waals surface area (Å²) in [7, 11) is 1.58. The zero-order valence-electron chi connectivity index (χ0n) is 10.0. The van der Waals surface area contributed by atoms with E-state index < -0.39 is 0 Å². The molecule has 0 aliphatic heterocycles. The maximum absolute atomic E-state index is 11.3. The Morgan fingerprint density at radius 2 is 1.93 bits per heavy atom. The molecular formula is C11H23NO3. The summed E-state index contributed by atoms with van der Waals surface area (Å²) < 4.78 is 9.74. The normalized spacial score (nSPS) is 11.5.